The summed E-state index contributed by atoms with van der Waals surface area (Å²) in [4.78, 5) is 12.3. The molecular formula is C18H24O. The number of carbonyl (C=O) groups is 1. The lowest BCUT2D eigenvalue weighted by molar-refractivity contribution is 0.0967. The summed E-state index contributed by atoms with van der Waals surface area (Å²) in [6.07, 6.45) is 2.17. The van der Waals surface area contributed by atoms with E-state index >= 15 is 0 Å². The van der Waals surface area contributed by atoms with E-state index in [4.69, 9.17) is 0 Å². The van der Waals surface area contributed by atoms with Gasteiger partial charge in [-0.15, -0.1) is 0 Å². The maximum Gasteiger partial charge on any atom is 0.165 e. The summed E-state index contributed by atoms with van der Waals surface area (Å²) >= 11 is 0. The van der Waals surface area contributed by atoms with E-state index in [0.717, 1.165) is 18.4 Å². The average molecular weight is 256 g/mol. The van der Waals surface area contributed by atoms with Crippen LogP contribution in [0.4, 0.5) is 0 Å². The minimum absolute atomic E-state index is 0.151. The number of ketones is 1. The Morgan fingerprint density at radius 3 is 2.21 bits per heavy atom. The van der Waals surface area contributed by atoms with Crippen LogP contribution in [0.3, 0.4) is 0 Å². The molecule has 102 valence electrons. The van der Waals surface area contributed by atoms with Gasteiger partial charge in [0.1, 0.15) is 0 Å². The number of benzene rings is 1. The first-order valence-electron chi connectivity index (χ1n) is 7.45. The molecule has 0 bridgehead atoms. The van der Waals surface area contributed by atoms with Crippen LogP contribution in [0.5, 0.6) is 0 Å². The molecule has 2 aliphatic rings. The SMILES string of the molecule is CC1C(C)(C)c2ccc(C(=O)C3CC3)cc2C1(C)C. The zero-order valence-corrected chi connectivity index (χ0v) is 12.7. The first kappa shape index (κ1) is 12.9. The van der Waals surface area contributed by atoms with Crippen LogP contribution in [0, 0.1) is 11.8 Å². The molecule has 0 saturated heterocycles. The smallest absolute Gasteiger partial charge is 0.165 e. The highest BCUT2D eigenvalue weighted by Crippen LogP contribution is 2.53. The zero-order chi connectivity index (χ0) is 14.0. The fraction of sp³-hybridized carbons (Fsp3) is 0.611. The lowest BCUT2D eigenvalue weighted by Gasteiger charge is -2.32. The lowest BCUT2D eigenvalue weighted by Crippen LogP contribution is -2.30. The molecular weight excluding hydrogens is 232 g/mol. The Labute approximate surface area is 116 Å². The van der Waals surface area contributed by atoms with Crippen molar-refractivity contribution in [2.75, 3.05) is 0 Å². The fourth-order valence-electron chi connectivity index (χ4n) is 3.74. The topological polar surface area (TPSA) is 17.1 Å². The Morgan fingerprint density at radius 2 is 1.63 bits per heavy atom. The predicted molar refractivity (Wildman–Crippen MR) is 78.7 cm³/mol. The van der Waals surface area contributed by atoms with E-state index in [0.29, 0.717) is 17.6 Å². The van der Waals surface area contributed by atoms with Crippen molar-refractivity contribution in [1.82, 2.24) is 0 Å². The van der Waals surface area contributed by atoms with Crippen molar-refractivity contribution < 1.29 is 4.79 Å². The molecule has 1 saturated carbocycles. The summed E-state index contributed by atoms with van der Waals surface area (Å²) in [7, 11) is 0. The van der Waals surface area contributed by atoms with Crippen LogP contribution in [0.15, 0.2) is 18.2 Å². The Balaban J connectivity index is 2.11. The molecule has 1 fully saturated rings. The van der Waals surface area contributed by atoms with E-state index in [-0.39, 0.29) is 10.8 Å². The van der Waals surface area contributed by atoms with Crippen LogP contribution in [0.1, 0.15) is 68.9 Å². The van der Waals surface area contributed by atoms with Crippen LogP contribution >= 0.6 is 0 Å². The predicted octanol–water partition coefficient (Wildman–Crippen LogP) is 4.48. The molecule has 1 aromatic carbocycles. The summed E-state index contributed by atoms with van der Waals surface area (Å²) in [5.74, 6) is 1.25. The molecule has 0 aromatic heterocycles. The van der Waals surface area contributed by atoms with Crippen LogP contribution < -0.4 is 0 Å². The lowest BCUT2D eigenvalue weighted by atomic mass is 9.71. The monoisotopic (exact) mass is 256 g/mol. The Hall–Kier alpha value is -1.11. The number of hydrogen-bond acceptors (Lipinski definition) is 1. The van der Waals surface area contributed by atoms with Crippen LogP contribution in [0.2, 0.25) is 0 Å². The van der Waals surface area contributed by atoms with E-state index in [1.807, 2.05) is 0 Å². The van der Waals surface area contributed by atoms with Crippen LogP contribution in [-0.2, 0) is 10.8 Å². The van der Waals surface area contributed by atoms with E-state index in [1.54, 1.807) is 0 Å². The third kappa shape index (κ3) is 1.70. The number of rotatable bonds is 2. The molecule has 0 aliphatic heterocycles. The third-order valence-electron chi connectivity index (χ3n) is 5.81. The number of carbonyl (C=O) groups excluding carboxylic acids is 1. The minimum atomic E-state index is 0.151. The summed E-state index contributed by atoms with van der Waals surface area (Å²) in [6, 6.07) is 6.44. The minimum Gasteiger partial charge on any atom is -0.294 e. The Kier molecular flexibility index (Phi) is 2.52. The van der Waals surface area contributed by atoms with Gasteiger partial charge in [0.15, 0.2) is 5.78 Å². The molecule has 0 heterocycles. The molecule has 1 atom stereocenters. The van der Waals surface area contributed by atoms with Gasteiger partial charge in [0.25, 0.3) is 0 Å². The van der Waals surface area contributed by atoms with Crippen molar-refractivity contribution >= 4 is 5.78 Å². The highest BCUT2D eigenvalue weighted by atomic mass is 16.1. The molecule has 0 amide bonds. The van der Waals surface area contributed by atoms with Crippen molar-refractivity contribution in [3.05, 3.63) is 34.9 Å². The molecule has 0 N–H and O–H groups in total. The second-order valence-corrected chi connectivity index (χ2v) is 7.56. The summed E-state index contributed by atoms with van der Waals surface area (Å²) in [5.41, 5.74) is 4.09. The van der Waals surface area contributed by atoms with E-state index < -0.39 is 0 Å². The van der Waals surface area contributed by atoms with Gasteiger partial charge in [0, 0.05) is 11.5 Å². The van der Waals surface area contributed by atoms with Gasteiger partial charge in [0.2, 0.25) is 0 Å². The van der Waals surface area contributed by atoms with E-state index in [2.05, 4.69) is 52.8 Å². The normalized spacial score (nSPS) is 27.1. The molecule has 1 unspecified atom stereocenters. The molecule has 3 rings (SSSR count). The van der Waals surface area contributed by atoms with Crippen LogP contribution in [0.25, 0.3) is 0 Å². The average Bonchev–Trinajstić information content (AvgIpc) is 3.18. The van der Waals surface area contributed by atoms with Gasteiger partial charge in [-0.1, -0.05) is 46.8 Å². The molecule has 2 aliphatic carbocycles. The highest BCUT2D eigenvalue weighted by molar-refractivity contribution is 5.99. The highest BCUT2D eigenvalue weighted by Gasteiger charge is 2.48. The van der Waals surface area contributed by atoms with Gasteiger partial charge >= 0.3 is 0 Å². The first-order chi connectivity index (χ1) is 8.76. The molecule has 0 spiro atoms. The molecule has 0 radical (unpaired) electrons. The van der Waals surface area contributed by atoms with Gasteiger partial charge in [-0.2, -0.15) is 0 Å². The maximum absolute atomic E-state index is 12.3. The van der Waals surface area contributed by atoms with Crippen molar-refractivity contribution in [2.45, 2.75) is 58.3 Å². The quantitative estimate of drug-likeness (QED) is 0.713. The Morgan fingerprint density at radius 1 is 1.05 bits per heavy atom. The first-order valence-corrected chi connectivity index (χ1v) is 7.45. The van der Waals surface area contributed by atoms with Crippen molar-refractivity contribution in [1.29, 1.82) is 0 Å². The van der Waals surface area contributed by atoms with Gasteiger partial charge in [-0.05, 0) is 46.8 Å². The van der Waals surface area contributed by atoms with E-state index in [9.17, 15) is 4.79 Å². The third-order valence-corrected chi connectivity index (χ3v) is 5.81. The summed E-state index contributed by atoms with van der Waals surface area (Å²) in [5, 5.41) is 0. The van der Waals surface area contributed by atoms with Crippen molar-refractivity contribution in [3.63, 3.8) is 0 Å². The maximum atomic E-state index is 12.3. The van der Waals surface area contributed by atoms with E-state index in [1.165, 1.54) is 11.1 Å². The number of fused-ring (bicyclic) bond motifs is 1. The second-order valence-electron chi connectivity index (χ2n) is 7.56. The van der Waals surface area contributed by atoms with Gasteiger partial charge in [0.05, 0.1) is 0 Å². The molecule has 1 aromatic rings. The van der Waals surface area contributed by atoms with Crippen molar-refractivity contribution in [2.24, 2.45) is 11.8 Å². The zero-order valence-electron chi connectivity index (χ0n) is 12.7. The molecule has 1 nitrogen and oxygen atoms in total. The standard InChI is InChI=1S/C18H24O/c1-11-17(2,3)14-9-8-13(16(19)12-6-7-12)10-15(14)18(11,4)5/h8-12H,6-7H2,1-5H3. The number of Topliss-reactive ketones (excluding diaryl/α,β-unsaturated/α-hetero) is 1. The Bertz CT molecular complexity index is 547. The summed E-state index contributed by atoms with van der Waals surface area (Å²) in [6.45, 7) is 11.6. The van der Waals surface area contributed by atoms with Crippen molar-refractivity contribution in [3.8, 4) is 0 Å². The van der Waals surface area contributed by atoms with Gasteiger partial charge < -0.3 is 0 Å². The fourth-order valence-corrected chi connectivity index (χ4v) is 3.74. The van der Waals surface area contributed by atoms with Gasteiger partial charge in [-0.3, -0.25) is 4.79 Å². The van der Waals surface area contributed by atoms with Crippen LogP contribution in [-0.4, -0.2) is 5.78 Å². The van der Waals surface area contributed by atoms with Gasteiger partial charge in [-0.25, -0.2) is 0 Å². The summed E-state index contributed by atoms with van der Waals surface area (Å²) < 4.78 is 0. The number of hydrogen-bond donors (Lipinski definition) is 0. The molecule has 19 heavy (non-hydrogen) atoms. The molecule has 1 heteroatoms. The largest absolute Gasteiger partial charge is 0.294 e. The second kappa shape index (κ2) is 3.71.